The van der Waals surface area contributed by atoms with Crippen LogP contribution in [0, 0.1) is 0 Å². The molecule has 0 N–H and O–H groups in total. The first-order valence-electron chi connectivity index (χ1n) is 7.55. The van der Waals surface area contributed by atoms with E-state index in [0.717, 1.165) is 5.56 Å². The first-order chi connectivity index (χ1) is 12.1. The predicted octanol–water partition coefficient (Wildman–Crippen LogP) is 3.67. The lowest BCUT2D eigenvalue weighted by atomic mass is 10.2. The zero-order chi connectivity index (χ0) is 17.8. The van der Waals surface area contributed by atoms with Crippen molar-refractivity contribution in [2.45, 2.75) is 6.54 Å². The quantitative estimate of drug-likeness (QED) is 0.696. The molecule has 7 heteroatoms. The van der Waals surface area contributed by atoms with Gasteiger partial charge in [0.05, 0.1) is 18.7 Å². The highest BCUT2D eigenvalue weighted by atomic mass is 35.5. The smallest absolute Gasteiger partial charge is 0.254 e. The number of rotatable bonds is 5. The van der Waals surface area contributed by atoms with Crippen LogP contribution in [0.15, 0.2) is 53.1 Å². The molecule has 0 aliphatic carbocycles. The Kier molecular flexibility index (Phi) is 5.00. The van der Waals surface area contributed by atoms with Gasteiger partial charge in [0, 0.05) is 18.2 Å². The Morgan fingerprint density at radius 1 is 1.24 bits per heavy atom. The van der Waals surface area contributed by atoms with Gasteiger partial charge in [0.2, 0.25) is 11.7 Å². The van der Waals surface area contributed by atoms with Gasteiger partial charge in [-0.1, -0.05) is 47.1 Å². The van der Waals surface area contributed by atoms with E-state index in [9.17, 15) is 4.79 Å². The minimum Gasteiger partial charge on any atom is -0.495 e. The molecule has 1 amide bonds. The highest BCUT2D eigenvalue weighted by molar-refractivity contribution is 6.32. The Bertz CT molecular complexity index is 880. The van der Waals surface area contributed by atoms with E-state index in [1.54, 1.807) is 25.2 Å². The summed E-state index contributed by atoms with van der Waals surface area (Å²) in [6.45, 7) is 0.197. The number of aromatic nitrogens is 2. The van der Waals surface area contributed by atoms with Crippen molar-refractivity contribution < 1.29 is 14.1 Å². The highest BCUT2D eigenvalue weighted by Crippen LogP contribution is 2.25. The number of ether oxygens (including phenoxy) is 1. The monoisotopic (exact) mass is 357 g/mol. The van der Waals surface area contributed by atoms with E-state index in [1.165, 1.54) is 12.0 Å². The third-order valence-corrected chi connectivity index (χ3v) is 3.91. The van der Waals surface area contributed by atoms with Crippen LogP contribution in [0.2, 0.25) is 5.02 Å². The first-order valence-corrected chi connectivity index (χ1v) is 7.93. The number of nitrogens with zero attached hydrogens (tertiary/aromatic N) is 3. The lowest BCUT2D eigenvalue weighted by Crippen LogP contribution is -2.26. The summed E-state index contributed by atoms with van der Waals surface area (Å²) < 4.78 is 10.3. The van der Waals surface area contributed by atoms with Crippen molar-refractivity contribution in [1.29, 1.82) is 0 Å². The first kappa shape index (κ1) is 17.0. The molecule has 3 aromatic rings. The average molecular weight is 358 g/mol. The fourth-order valence-electron chi connectivity index (χ4n) is 2.32. The average Bonchev–Trinajstić information content (AvgIpc) is 3.10. The van der Waals surface area contributed by atoms with E-state index in [-0.39, 0.29) is 12.5 Å². The summed E-state index contributed by atoms with van der Waals surface area (Å²) in [6.07, 6.45) is 0. The van der Waals surface area contributed by atoms with E-state index < -0.39 is 0 Å². The molecule has 0 unspecified atom stereocenters. The molecule has 1 heterocycles. The lowest BCUT2D eigenvalue weighted by molar-refractivity contribution is 0.0769. The summed E-state index contributed by atoms with van der Waals surface area (Å²) >= 11 is 6.07. The van der Waals surface area contributed by atoms with Crippen molar-refractivity contribution in [3.05, 3.63) is 65.0 Å². The largest absolute Gasteiger partial charge is 0.495 e. The summed E-state index contributed by atoms with van der Waals surface area (Å²) in [7, 11) is 3.18. The van der Waals surface area contributed by atoms with Crippen molar-refractivity contribution in [3.8, 4) is 17.1 Å². The summed E-state index contributed by atoms with van der Waals surface area (Å²) in [5.74, 6) is 1.16. The Labute approximate surface area is 150 Å². The Hall–Kier alpha value is -2.86. The maximum atomic E-state index is 12.5. The third-order valence-electron chi connectivity index (χ3n) is 3.62. The molecule has 128 valence electrons. The minimum absolute atomic E-state index is 0.197. The van der Waals surface area contributed by atoms with Gasteiger partial charge in [0.25, 0.3) is 5.91 Å². The fraction of sp³-hybridized carbons (Fsp3) is 0.167. The normalized spacial score (nSPS) is 10.5. The Morgan fingerprint density at radius 2 is 2.00 bits per heavy atom. The molecule has 3 rings (SSSR count). The number of carbonyl (C=O) groups excluding carboxylic acids is 1. The van der Waals surface area contributed by atoms with Gasteiger partial charge in [0.1, 0.15) is 5.75 Å². The van der Waals surface area contributed by atoms with Crippen molar-refractivity contribution in [2.75, 3.05) is 14.2 Å². The van der Waals surface area contributed by atoms with E-state index in [2.05, 4.69) is 10.1 Å². The minimum atomic E-state index is -0.205. The molecule has 25 heavy (non-hydrogen) atoms. The van der Waals surface area contributed by atoms with E-state index in [1.807, 2.05) is 30.3 Å². The lowest BCUT2D eigenvalue weighted by Gasteiger charge is -2.15. The Morgan fingerprint density at radius 3 is 2.68 bits per heavy atom. The predicted molar refractivity (Wildman–Crippen MR) is 93.5 cm³/mol. The number of hydrogen-bond acceptors (Lipinski definition) is 5. The van der Waals surface area contributed by atoms with Crippen LogP contribution in [-0.2, 0) is 6.54 Å². The number of hydrogen-bond donors (Lipinski definition) is 0. The van der Waals surface area contributed by atoms with E-state index >= 15 is 0 Å². The van der Waals surface area contributed by atoms with Gasteiger partial charge in [-0.15, -0.1) is 0 Å². The standard InChI is InChI=1S/C18H16ClN3O3/c1-22(18(23)13-8-9-15(24-2)14(19)10-13)11-16-20-17(21-25-16)12-6-4-3-5-7-12/h3-10H,11H2,1-2H3. The molecule has 0 saturated carbocycles. The Balaban J connectivity index is 1.72. The highest BCUT2D eigenvalue weighted by Gasteiger charge is 2.17. The maximum absolute atomic E-state index is 12.5. The zero-order valence-corrected chi connectivity index (χ0v) is 14.5. The molecule has 0 atom stereocenters. The zero-order valence-electron chi connectivity index (χ0n) is 13.8. The van der Waals surface area contributed by atoms with Crippen LogP contribution >= 0.6 is 11.6 Å². The van der Waals surface area contributed by atoms with Crippen LogP contribution < -0.4 is 4.74 Å². The molecule has 0 saturated heterocycles. The van der Waals surface area contributed by atoms with Crippen molar-refractivity contribution in [2.24, 2.45) is 0 Å². The summed E-state index contributed by atoms with van der Waals surface area (Å²) in [6, 6.07) is 14.4. The number of benzene rings is 2. The maximum Gasteiger partial charge on any atom is 0.254 e. The van der Waals surface area contributed by atoms with Gasteiger partial charge < -0.3 is 14.2 Å². The molecular formula is C18H16ClN3O3. The molecule has 0 aliphatic heterocycles. The summed E-state index contributed by atoms with van der Waals surface area (Å²) in [5, 5.41) is 4.33. The molecule has 0 radical (unpaired) electrons. The van der Waals surface area contributed by atoms with Gasteiger partial charge in [-0.2, -0.15) is 4.98 Å². The van der Waals surface area contributed by atoms with Crippen LogP contribution in [0.5, 0.6) is 5.75 Å². The van der Waals surface area contributed by atoms with Gasteiger partial charge in [0.15, 0.2) is 0 Å². The number of carbonyl (C=O) groups is 1. The van der Waals surface area contributed by atoms with Crippen molar-refractivity contribution in [1.82, 2.24) is 15.0 Å². The second-order valence-corrected chi connectivity index (χ2v) is 5.80. The van der Waals surface area contributed by atoms with Crippen LogP contribution in [0.4, 0.5) is 0 Å². The topological polar surface area (TPSA) is 68.5 Å². The van der Waals surface area contributed by atoms with Gasteiger partial charge in [-0.05, 0) is 18.2 Å². The molecule has 2 aromatic carbocycles. The number of amides is 1. The van der Waals surface area contributed by atoms with E-state index in [0.29, 0.717) is 28.1 Å². The number of methoxy groups -OCH3 is 1. The van der Waals surface area contributed by atoms with Gasteiger partial charge >= 0.3 is 0 Å². The fourth-order valence-corrected chi connectivity index (χ4v) is 2.58. The molecule has 1 aromatic heterocycles. The number of halogens is 1. The molecule has 0 fully saturated rings. The van der Waals surface area contributed by atoms with Crippen LogP contribution in [-0.4, -0.2) is 35.1 Å². The summed E-state index contributed by atoms with van der Waals surface area (Å²) in [5.41, 5.74) is 1.31. The second kappa shape index (κ2) is 7.36. The van der Waals surface area contributed by atoms with Crippen LogP contribution in [0.1, 0.15) is 16.2 Å². The molecule has 0 aliphatic rings. The molecule has 0 bridgehead atoms. The summed E-state index contributed by atoms with van der Waals surface area (Å²) in [4.78, 5) is 18.3. The van der Waals surface area contributed by atoms with Crippen molar-refractivity contribution >= 4 is 17.5 Å². The van der Waals surface area contributed by atoms with E-state index in [4.69, 9.17) is 20.9 Å². The van der Waals surface area contributed by atoms with Crippen LogP contribution in [0.25, 0.3) is 11.4 Å². The van der Waals surface area contributed by atoms with Gasteiger partial charge in [-0.25, -0.2) is 0 Å². The molecule has 0 spiro atoms. The van der Waals surface area contributed by atoms with Crippen LogP contribution in [0.3, 0.4) is 0 Å². The second-order valence-electron chi connectivity index (χ2n) is 5.39. The third kappa shape index (κ3) is 3.80. The SMILES string of the molecule is COc1ccc(C(=O)N(C)Cc2nc(-c3ccccc3)no2)cc1Cl. The van der Waals surface area contributed by atoms with Crippen molar-refractivity contribution in [3.63, 3.8) is 0 Å². The van der Waals surface area contributed by atoms with Gasteiger partial charge in [-0.3, -0.25) is 4.79 Å². The molecule has 6 nitrogen and oxygen atoms in total. The molecular weight excluding hydrogens is 342 g/mol.